The highest BCUT2D eigenvalue weighted by atomic mass is 16.4. The van der Waals surface area contributed by atoms with Crippen LogP contribution in [-0.4, -0.2) is 16.1 Å². The van der Waals surface area contributed by atoms with Gasteiger partial charge in [-0.15, -0.1) is 0 Å². The van der Waals surface area contributed by atoms with Crippen molar-refractivity contribution >= 4 is 16.9 Å². The highest BCUT2D eigenvalue weighted by molar-refractivity contribution is 5.91. The Morgan fingerprint density at radius 2 is 1.59 bits per heavy atom. The molecule has 0 aliphatic carbocycles. The Labute approximate surface area is 130 Å². The molecule has 2 aromatic rings. The summed E-state index contributed by atoms with van der Waals surface area (Å²) in [6.45, 7) is 12.5. The minimum absolute atomic E-state index is 0.0773. The third kappa shape index (κ3) is 2.91. The first-order chi connectivity index (χ1) is 9.91. The highest BCUT2D eigenvalue weighted by Gasteiger charge is 2.24. The quantitative estimate of drug-likeness (QED) is 0.841. The lowest BCUT2D eigenvalue weighted by Crippen LogP contribution is -2.20. The van der Waals surface area contributed by atoms with Crippen molar-refractivity contribution in [3.63, 3.8) is 0 Å². The van der Waals surface area contributed by atoms with Gasteiger partial charge in [-0.2, -0.15) is 0 Å². The summed E-state index contributed by atoms with van der Waals surface area (Å²) in [7, 11) is 0. The van der Waals surface area contributed by atoms with Crippen LogP contribution >= 0.6 is 0 Å². The largest absolute Gasteiger partial charge is 0.477 e. The molecular formula is C18H23NO3. The normalized spacial score (nSPS) is 12.6. The maximum Gasteiger partial charge on any atom is 0.352 e. The second kappa shape index (κ2) is 4.97. The van der Waals surface area contributed by atoms with Crippen molar-refractivity contribution in [1.82, 2.24) is 4.98 Å². The van der Waals surface area contributed by atoms with Crippen LogP contribution in [0.4, 0.5) is 0 Å². The summed E-state index contributed by atoms with van der Waals surface area (Å²) in [5.74, 6) is -1.13. The molecule has 2 rings (SSSR count). The molecule has 0 radical (unpaired) electrons. The number of rotatable bonds is 1. The van der Waals surface area contributed by atoms with Crippen LogP contribution in [0.3, 0.4) is 0 Å². The van der Waals surface area contributed by atoms with E-state index in [1.54, 1.807) is 0 Å². The molecule has 0 unspecified atom stereocenters. The van der Waals surface area contributed by atoms with Gasteiger partial charge in [0.2, 0.25) is 0 Å². The lowest BCUT2D eigenvalue weighted by atomic mass is 9.79. The Bertz CT molecular complexity index is 802. The number of hydrogen-bond donors (Lipinski definition) is 2. The molecule has 118 valence electrons. The van der Waals surface area contributed by atoms with E-state index in [1.165, 1.54) is 0 Å². The Morgan fingerprint density at radius 3 is 2.05 bits per heavy atom. The van der Waals surface area contributed by atoms with Gasteiger partial charge < -0.3 is 10.1 Å². The van der Waals surface area contributed by atoms with E-state index >= 15 is 0 Å². The number of fused-ring (bicyclic) bond motifs is 1. The van der Waals surface area contributed by atoms with E-state index in [4.69, 9.17) is 0 Å². The molecule has 0 atom stereocenters. The lowest BCUT2D eigenvalue weighted by Gasteiger charge is -2.26. The van der Waals surface area contributed by atoms with Crippen LogP contribution in [0.5, 0.6) is 0 Å². The molecule has 2 N–H and O–H groups in total. The van der Waals surface area contributed by atoms with Crippen molar-refractivity contribution in [1.29, 1.82) is 0 Å². The number of pyridine rings is 1. The van der Waals surface area contributed by atoms with Gasteiger partial charge in [0.15, 0.2) is 5.43 Å². The summed E-state index contributed by atoms with van der Waals surface area (Å²) in [6.07, 6.45) is 0. The van der Waals surface area contributed by atoms with Gasteiger partial charge in [-0.25, -0.2) is 4.79 Å². The molecule has 4 nitrogen and oxygen atoms in total. The third-order valence-corrected chi connectivity index (χ3v) is 3.84. The first-order valence-electron chi connectivity index (χ1n) is 7.36. The van der Waals surface area contributed by atoms with Crippen molar-refractivity contribution < 1.29 is 9.90 Å². The van der Waals surface area contributed by atoms with E-state index < -0.39 is 5.97 Å². The van der Waals surface area contributed by atoms with Gasteiger partial charge >= 0.3 is 5.97 Å². The van der Waals surface area contributed by atoms with Crippen molar-refractivity contribution in [2.24, 2.45) is 0 Å². The number of carboxylic acid groups (broad SMARTS) is 1. The summed E-state index contributed by atoms with van der Waals surface area (Å²) in [4.78, 5) is 26.5. The number of hydrogen-bond acceptors (Lipinski definition) is 2. The Hall–Kier alpha value is -2.10. The van der Waals surface area contributed by atoms with E-state index in [9.17, 15) is 14.7 Å². The average molecular weight is 301 g/mol. The zero-order valence-corrected chi connectivity index (χ0v) is 14.0. The summed E-state index contributed by atoms with van der Waals surface area (Å²) in [6, 6.07) is 5.10. The molecule has 4 heteroatoms. The predicted molar refractivity (Wildman–Crippen MR) is 88.9 cm³/mol. The topological polar surface area (TPSA) is 70.2 Å². The molecule has 0 bridgehead atoms. The highest BCUT2D eigenvalue weighted by Crippen LogP contribution is 2.33. The average Bonchev–Trinajstić information content (AvgIpc) is 2.35. The zero-order chi connectivity index (χ0) is 16.9. The van der Waals surface area contributed by atoms with Gasteiger partial charge in [-0.1, -0.05) is 47.6 Å². The second-order valence-corrected chi connectivity index (χ2v) is 7.80. The SMILES string of the molecule is CC(C)(C)c1cc(C(C)(C)C)c2[nH]c(C(=O)O)cc(=O)c2c1. The molecule has 0 amide bonds. The summed E-state index contributed by atoms with van der Waals surface area (Å²) < 4.78 is 0. The molecule has 22 heavy (non-hydrogen) atoms. The number of aromatic carboxylic acids is 1. The number of carboxylic acids is 1. The molecule has 0 fully saturated rings. The van der Waals surface area contributed by atoms with Crippen LogP contribution in [0.15, 0.2) is 23.0 Å². The number of aromatic nitrogens is 1. The summed E-state index contributed by atoms with van der Waals surface area (Å²) in [5, 5.41) is 9.72. The maximum atomic E-state index is 12.4. The van der Waals surface area contributed by atoms with E-state index in [2.05, 4.69) is 52.6 Å². The molecular weight excluding hydrogens is 278 g/mol. The lowest BCUT2D eigenvalue weighted by molar-refractivity contribution is 0.0691. The summed E-state index contributed by atoms with van der Waals surface area (Å²) >= 11 is 0. The first-order valence-corrected chi connectivity index (χ1v) is 7.36. The Morgan fingerprint density at radius 1 is 1.00 bits per heavy atom. The molecule has 0 saturated carbocycles. The van der Waals surface area contributed by atoms with Crippen LogP contribution in [0.1, 0.15) is 63.2 Å². The van der Waals surface area contributed by atoms with Crippen LogP contribution in [-0.2, 0) is 10.8 Å². The number of carbonyl (C=O) groups is 1. The molecule has 0 saturated heterocycles. The van der Waals surface area contributed by atoms with Crippen molar-refractivity contribution in [3.05, 3.63) is 45.2 Å². The monoisotopic (exact) mass is 301 g/mol. The molecule has 0 aliphatic heterocycles. The predicted octanol–water partition coefficient (Wildman–Crippen LogP) is 3.82. The van der Waals surface area contributed by atoms with Gasteiger partial charge in [0, 0.05) is 11.5 Å². The van der Waals surface area contributed by atoms with E-state index in [0.29, 0.717) is 10.9 Å². The van der Waals surface area contributed by atoms with Crippen molar-refractivity contribution in [2.45, 2.75) is 52.4 Å². The molecule has 1 aromatic heterocycles. The number of benzene rings is 1. The fraction of sp³-hybridized carbons (Fsp3) is 0.444. The molecule has 0 aliphatic rings. The Balaban J connectivity index is 2.98. The minimum Gasteiger partial charge on any atom is -0.477 e. The number of H-pyrrole nitrogens is 1. The zero-order valence-electron chi connectivity index (χ0n) is 14.0. The van der Waals surface area contributed by atoms with E-state index in [1.807, 2.05) is 6.07 Å². The van der Waals surface area contributed by atoms with Crippen LogP contribution in [0, 0.1) is 0 Å². The minimum atomic E-state index is -1.13. The fourth-order valence-corrected chi connectivity index (χ4v) is 2.49. The second-order valence-electron chi connectivity index (χ2n) is 7.80. The van der Waals surface area contributed by atoms with Crippen LogP contribution in [0.25, 0.3) is 10.9 Å². The molecule has 1 heterocycles. The van der Waals surface area contributed by atoms with Crippen molar-refractivity contribution in [2.75, 3.05) is 0 Å². The van der Waals surface area contributed by atoms with Gasteiger partial charge in [-0.05, 0) is 28.0 Å². The van der Waals surface area contributed by atoms with E-state index in [0.717, 1.165) is 17.2 Å². The fourth-order valence-electron chi connectivity index (χ4n) is 2.49. The molecule has 0 spiro atoms. The van der Waals surface area contributed by atoms with Crippen LogP contribution < -0.4 is 5.43 Å². The maximum absolute atomic E-state index is 12.4. The van der Waals surface area contributed by atoms with Crippen molar-refractivity contribution in [3.8, 4) is 0 Å². The molecule has 1 aromatic carbocycles. The van der Waals surface area contributed by atoms with Crippen LogP contribution in [0.2, 0.25) is 0 Å². The van der Waals surface area contributed by atoms with E-state index in [-0.39, 0.29) is 22.0 Å². The standard InChI is InChI=1S/C18H23NO3/c1-17(2,3)10-7-11-14(20)9-13(16(21)22)19-15(11)12(8-10)18(4,5)6/h7-9H,1-6H3,(H,19,20)(H,21,22). The number of nitrogens with one attached hydrogen (secondary N) is 1. The smallest absolute Gasteiger partial charge is 0.352 e. The summed E-state index contributed by atoms with van der Waals surface area (Å²) in [5.41, 5.74) is 2.00. The first kappa shape index (κ1) is 16.3. The van der Waals surface area contributed by atoms with Gasteiger partial charge in [0.05, 0.1) is 5.52 Å². The van der Waals surface area contributed by atoms with Gasteiger partial charge in [-0.3, -0.25) is 4.79 Å². The number of aromatic amines is 1. The van der Waals surface area contributed by atoms with Gasteiger partial charge in [0.25, 0.3) is 0 Å². The Kier molecular flexibility index (Phi) is 3.68. The van der Waals surface area contributed by atoms with Gasteiger partial charge in [0.1, 0.15) is 5.69 Å². The third-order valence-electron chi connectivity index (χ3n) is 3.84.